The van der Waals surface area contributed by atoms with E-state index in [4.69, 9.17) is 5.26 Å². The molecule has 0 atom stereocenters. The minimum atomic E-state index is -8.73. The fourth-order valence-electron chi connectivity index (χ4n) is 4.20. The highest BCUT2D eigenvalue weighted by molar-refractivity contribution is 6.01. The lowest BCUT2D eigenvalue weighted by Gasteiger charge is -2.42. The zero-order chi connectivity index (χ0) is 37.1. The summed E-state index contributed by atoms with van der Waals surface area (Å²) in [6, 6.07) is 10.4. The molecule has 0 bridgehead atoms. The summed E-state index contributed by atoms with van der Waals surface area (Å²) in [7, 11) is 0. The third-order valence-electron chi connectivity index (χ3n) is 6.88. The van der Waals surface area contributed by atoms with Crippen LogP contribution in [0.4, 0.5) is 74.6 Å². The number of carbonyl (C=O) groups is 1. The highest BCUT2D eigenvalue weighted by Gasteiger charge is 2.95. The number of carboxylic acid groups (broad SMARTS) is 1. The number of rotatable bonds is 10. The molecule has 0 amide bonds. The third kappa shape index (κ3) is 5.36. The van der Waals surface area contributed by atoms with Crippen LogP contribution in [0.5, 0.6) is 0 Å². The van der Waals surface area contributed by atoms with E-state index in [1.165, 1.54) is 24.3 Å². The molecule has 3 aromatic rings. The Morgan fingerprint density at radius 1 is 0.542 bits per heavy atom. The molecule has 0 aliphatic carbocycles. The number of benzene rings is 3. The molecule has 260 valence electrons. The Bertz CT molecular complexity index is 1720. The zero-order valence-corrected chi connectivity index (χ0v) is 22.6. The molecule has 0 spiro atoms. The molecule has 3 nitrogen and oxygen atoms in total. The second-order valence-electron chi connectivity index (χ2n) is 9.82. The van der Waals surface area contributed by atoms with Crippen molar-refractivity contribution in [3.63, 3.8) is 0 Å². The number of nitrogens with zero attached hydrogens (tertiary/aromatic N) is 1. The molecule has 3 aromatic carbocycles. The van der Waals surface area contributed by atoms with E-state index < -0.39 is 64.7 Å². The predicted molar refractivity (Wildman–Crippen MR) is 129 cm³/mol. The number of hydrogen-bond acceptors (Lipinski definition) is 2. The van der Waals surface area contributed by atoms with Gasteiger partial charge in [-0.05, 0) is 34.9 Å². The fraction of sp³-hybridized carbons (Fsp3) is 0.286. The van der Waals surface area contributed by atoms with Crippen LogP contribution in [-0.2, 0) is 5.92 Å². The lowest BCUT2D eigenvalue weighted by atomic mass is 9.86. The topological polar surface area (TPSA) is 61.1 Å². The molecule has 0 saturated heterocycles. The van der Waals surface area contributed by atoms with Crippen LogP contribution < -0.4 is 0 Å². The average molecular weight is 717 g/mol. The molecule has 0 aromatic heterocycles. The van der Waals surface area contributed by atoms with Gasteiger partial charge >= 0.3 is 53.6 Å². The average Bonchev–Trinajstić information content (AvgIpc) is 2.99. The van der Waals surface area contributed by atoms with Crippen LogP contribution >= 0.6 is 0 Å². The molecule has 3 rings (SSSR count). The molecule has 48 heavy (non-hydrogen) atoms. The Balaban J connectivity index is 2.13. The highest BCUT2D eigenvalue weighted by Crippen LogP contribution is 2.65. The summed E-state index contributed by atoms with van der Waals surface area (Å²) in [6.45, 7) is 0. The third-order valence-corrected chi connectivity index (χ3v) is 6.88. The van der Waals surface area contributed by atoms with Crippen LogP contribution in [-0.4, -0.2) is 52.8 Å². The first-order valence-corrected chi connectivity index (χ1v) is 12.3. The molecule has 0 unspecified atom stereocenters. The van der Waals surface area contributed by atoms with E-state index in [0.29, 0.717) is 12.1 Å². The summed E-state index contributed by atoms with van der Waals surface area (Å²) in [4.78, 5) is 11.8. The molecule has 0 aliphatic rings. The van der Waals surface area contributed by atoms with Crippen LogP contribution in [0.3, 0.4) is 0 Å². The van der Waals surface area contributed by atoms with Gasteiger partial charge in [-0.15, -0.1) is 0 Å². The van der Waals surface area contributed by atoms with Crippen LogP contribution in [0, 0.1) is 11.3 Å². The van der Waals surface area contributed by atoms with Crippen molar-refractivity contribution >= 4 is 5.97 Å². The summed E-state index contributed by atoms with van der Waals surface area (Å²) < 4.78 is 232. The number of alkyl halides is 17. The lowest BCUT2D eigenvalue weighted by molar-refractivity contribution is -0.462. The van der Waals surface area contributed by atoms with E-state index in [9.17, 15) is 84.5 Å². The van der Waals surface area contributed by atoms with E-state index in [1.54, 1.807) is 6.07 Å². The minimum Gasteiger partial charge on any atom is -0.478 e. The zero-order valence-electron chi connectivity index (χ0n) is 22.6. The van der Waals surface area contributed by atoms with Crippen molar-refractivity contribution < 1.29 is 84.5 Å². The Hall–Kier alpha value is -4.57. The Morgan fingerprint density at radius 2 is 0.958 bits per heavy atom. The maximum Gasteiger partial charge on any atom is 0.460 e. The first-order chi connectivity index (χ1) is 21.6. The van der Waals surface area contributed by atoms with Crippen molar-refractivity contribution in [3.8, 4) is 28.3 Å². The SMILES string of the molecule is N#Cc1ccc(-c2c(C(=O)O)cccc2-c2ccc(C(F)(F)C(F)(F)C(F)(F)C(F)(F)C(F)(F)C(F)(F)C(F)(F)C(F)(F)F)cc2)cc1. The fourth-order valence-corrected chi connectivity index (χ4v) is 4.20. The van der Waals surface area contributed by atoms with E-state index in [1.807, 2.05) is 0 Å². The smallest absolute Gasteiger partial charge is 0.460 e. The largest absolute Gasteiger partial charge is 0.478 e. The maximum atomic E-state index is 14.8. The van der Waals surface area contributed by atoms with Crippen LogP contribution in [0.25, 0.3) is 22.3 Å². The summed E-state index contributed by atoms with van der Waals surface area (Å²) in [5.74, 6) is -58.9. The quantitative estimate of drug-likeness (QED) is 0.213. The van der Waals surface area contributed by atoms with E-state index in [2.05, 4.69) is 0 Å². The molecule has 0 heterocycles. The number of halogens is 17. The summed E-state index contributed by atoms with van der Waals surface area (Å²) >= 11 is 0. The van der Waals surface area contributed by atoms with Gasteiger partial charge in [-0.2, -0.15) is 79.9 Å². The van der Waals surface area contributed by atoms with Gasteiger partial charge in [0.05, 0.1) is 17.2 Å². The molecular formula is C28H12F17NO2. The second-order valence-corrected chi connectivity index (χ2v) is 9.82. The Kier molecular flexibility index (Phi) is 9.11. The molecule has 0 fully saturated rings. The molecule has 0 radical (unpaired) electrons. The van der Waals surface area contributed by atoms with E-state index >= 15 is 0 Å². The van der Waals surface area contributed by atoms with Gasteiger partial charge in [0.15, 0.2) is 0 Å². The minimum absolute atomic E-state index is 0.0682. The summed E-state index contributed by atoms with van der Waals surface area (Å²) in [5.41, 5.74) is -3.45. The van der Waals surface area contributed by atoms with Gasteiger partial charge in [-0.1, -0.05) is 48.5 Å². The maximum absolute atomic E-state index is 14.8. The monoisotopic (exact) mass is 717 g/mol. The van der Waals surface area contributed by atoms with Crippen LogP contribution in [0.1, 0.15) is 21.5 Å². The number of carboxylic acids is 1. The van der Waals surface area contributed by atoms with E-state index in [0.717, 1.165) is 18.2 Å². The van der Waals surface area contributed by atoms with Crippen molar-refractivity contribution in [1.82, 2.24) is 0 Å². The Labute approximate surface area is 255 Å². The van der Waals surface area contributed by atoms with Gasteiger partial charge in [-0.3, -0.25) is 0 Å². The Morgan fingerprint density at radius 3 is 1.38 bits per heavy atom. The molecule has 1 N–H and O–H groups in total. The van der Waals surface area contributed by atoms with Gasteiger partial charge in [0, 0.05) is 11.1 Å². The predicted octanol–water partition coefficient (Wildman–Crippen LogP) is 10.1. The molecule has 0 aliphatic heterocycles. The standard InChI is InChI=1S/C28H12F17NO2/c29-21(30,22(31,32)23(33,34)24(35,36)25(37,38)26(39,40)27(41,42)28(43,44)45)16-10-8-14(9-11-16)17-2-1-3-18(20(47)48)19(17)15-6-4-13(12-46)5-7-15/h1-11H,(H,47,48). The van der Waals surface area contributed by atoms with Crippen molar-refractivity contribution in [2.24, 2.45) is 0 Å². The van der Waals surface area contributed by atoms with Crippen molar-refractivity contribution in [2.75, 3.05) is 0 Å². The number of nitriles is 1. The van der Waals surface area contributed by atoms with Crippen LogP contribution in [0.15, 0.2) is 66.7 Å². The van der Waals surface area contributed by atoms with Crippen LogP contribution in [0.2, 0.25) is 0 Å². The van der Waals surface area contributed by atoms with Gasteiger partial charge in [0.2, 0.25) is 0 Å². The molecule has 0 saturated carbocycles. The summed E-state index contributed by atoms with van der Waals surface area (Å²) in [5, 5.41) is 18.6. The van der Waals surface area contributed by atoms with Gasteiger partial charge in [-0.25, -0.2) is 4.79 Å². The van der Waals surface area contributed by atoms with Crippen molar-refractivity contribution in [1.29, 1.82) is 5.26 Å². The molecule has 20 heteroatoms. The molecular weight excluding hydrogens is 705 g/mol. The second kappa shape index (κ2) is 11.5. The first kappa shape index (κ1) is 37.9. The van der Waals surface area contributed by atoms with Gasteiger partial charge in [0.25, 0.3) is 0 Å². The van der Waals surface area contributed by atoms with Gasteiger partial charge in [0.1, 0.15) is 0 Å². The van der Waals surface area contributed by atoms with Gasteiger partial charge < -0.3 is 5.11 Å². The lowest BCUT2D eigenvalue weighted by Crippen LogP contribution is -2.74. The van der Waals surface area contributed by atoms with Crippen molar-refractivity contribution in [2.45, 2.75) is 47.6 Å². The number of aromatic carboxylic acids is 1. The number of hydrogen-bond donors (Lipinski definition) is 1. The first-order valence-electron chi connectivity index (χ1n) is 12.3. The van der Waals surface area contributed by atoms with E-state index in [-0.39, 0.29) is 39.9 Å². The highest BCUT2D eigenvalue weighted by atomic mass is 19.4. The normalized spacial score (nSPS) is 14.1. The summed E-state index contributed by atoms with van der Waals surface area (Å²) in [6.07, 6.45) is -7.84. The van der Waals surface area contributed by atoms with Crippen molar-refractivity contribution in [3.05, 3.63) is 83.4 Å².